The first-order valence-electron chi connectivity index (χ1n) is 18.8. The molecule has 0 unspecified atom stereocenters. The second kappa shape index (κ2) is 18.1. The van der Waals surface area contributed by atoms with Gasteiger partial charge in [0.1, 0.15) is 0 Å². The number of para-hydroxylation sites is 2. The molecule has 8 rings (SSSR count). The average molecular weight is 775 g/mol. The number of benzene rings is 3. The first-order valence-corrected chi connectivity index (χ1v) is 23.1. The average Bonchev–Trinajstić information content (AvgIpc) is 3.85. The molecule has 0 N–H and O–H groups in total. The molecule has 5 aromatic rings. The number of aromatic nitrogens is 3. The third-order valence-electron chi connectivity index (χ3n) is 10.6. The Balaban J connectivity index is 0.000000171. The van der Waals surface area contributed by atoms with Crippen molar-refractivity contribution in [1.82, 2.24) is 14.3 Å². The van der Waals surface area contributed by atoms with Gasteiger partial charge in [-0.2, -0.15) is 0 Å². The maximum absolute atomic E-state index is 5.11. The first-order chi connectivity index (χ1) is 24.3. The Labute approximate surface area is 306 Å². The molecular weight excluding hydrogens is 723 g/mol. The van der Waals surface area contributed by atoms with Crippen LogP contribution in [0.2, 0.25) is 0 Å². The van der Waals surface area contributed by atoms with E-state index in [4.69, 9.17) is 5.10 Å². The SMILES string of the molecule is C1CCC(P(C2CCCCC2)C2CCCCC2)CC1.[CH](=[Ru]=[c]1n(-c2ccccc2)nc(-c2ccccc2)n1-c1ccccc1)c1cccs1. The van der Waals surface area contributed by atoms with E-state index in [1.54, 1.807) is 88.4 Å². The molecule has 2 heterocycles. The quantitative estimate of drug-likeness (QED) is 0.119. The Morgan fingerprint density at radius 3 is 1.55 bits per heavy atom. The third kappa shape index (κ3) is 9.02. The molecule has 0 spiro atoms. The molecule has 2 aromatic heterocycles. The Morgan fingerprint density at radius 1 is 0.571 bits per heavy atom. The van der Waals surface area contributed by atoms with Crippen molar-refractivity contribution in [3.05, 3.63) is 117 Å². The zero-order valence-electron chi connectivity index (χ0n) is 28.9. The number of thiophene rings is 1. The Morgan fingerprint density at radius 2 is 1.06 bits per heavy atom. The molecular formula is C43H52N3PRuS. The minimum atomic E-state index is -0.223. The van der Waals surface area contributed by atoms with Crippen LogP contribution in [0.5, 0.6) is 0 Å². The summed E-state index contributed by atoms with van der Waals surface area (Å²) in [7, 11) is 0.385. The zero-order chi connectivity index (χ0) is 33.1. The number of hydrogen-bond acceptors (Lipinski definition) is 2. The van der Waals surface area contributed by atoms with Crippen LogP contribution in [-0.2, 0) is 16.2 Å². The second-order valence-corrected chi connectivity index (χ2v) is 19.8. The van der Waals surface area contributed by atoms with Gasteiger partial charge in [0.15, 0.2) is 0 Å². The molecule has 49 heavy (non-hydrogen) atoms. The molecule has 0 amide bonds. The van der Waals surface area contributed by atoms with Crippen molar-refractivity contribution < 1.29 is 16.2 Å². The van der Waals surface area contributed by atoms with Crippen LogP contribution in [0.3, 0.4) is 0 Å². The monoisotopic (exact) mass is 775 g/mol. The van der Waals surface area contributed by atoms with Crippen molar-refractivity contribution in [3.63, 3.8) is 0 Å². The van der Waals surface area contributed by atoms with Gasteiger partial charge in [-0.3, -0.25) is 0 Å². The van der Waals surface area contributed by atoms with Gasteiger partial charge in [-0.1, -0.05) is 65.7 Å². The minimum absolute atomic E-state index is 0.223. The van der Waals surface area contributed by atoms with E-state index >= 15 is 0 Å². The van der Waals surface area contributed by atoms with Crippen LogP contribution in [0.1, 0.15) is 101 Å². The van der Waals surface area contributed by atoms with E-state index in [0.717, 1.165) is 22.8 Å². The summed E-state index contributed by atoms with van der Waals surface area (Å²) >= 11 is 1.55. The van der Waals surface area contributed by atoms with Gasteiger partial charge in [0.05, 0.1) is 0 Å². The van der Waals surface area contributed by atoms with Crippen LogP contribution < -0.4 is 0 Å². The van der Waals surface area contributed by atoms with Gasteiger partial charge in [-0.05, 0) is 55.5 Å². The topological polar surface area (TPSA) is 22.8 Å². The fourth-order valence-corrected chi connectivity index (χ4v) is 15.8. The zero-order valence-corrected chi connectivity index (χ0v) is 32.3. The molecule has 3 aliphatic carbocycles. The van der Waals surface area contributed by atoms with Crippen molar-refractivity contribution in [2.45, 2.75) is 113 Å². The van der Waals surface area contributed by atoms with Crippen LogP contribution in [0.4, 0.5) is 0 Å². The predicted octanol–water partition coefficient (Wildman–Crippen LogP) is 12.3. The van der Waals surface area contributed by atoms with E-state index < -0.39 is 0 Å². The van der Waals surface area contributed by atoms with Crippen LogP contribution in [-0.4, -0.2) is 35.9 Å². The van der Waals surface area contributed by atoms with Gasteiger partial charge in [0.2, 0.25) is 0 Å². The van der Waals surface area contributed by atoms with Crippen LogP contribution in [0.25, 0.3) is 22.8 Å². The van der Waals surface area contributed by atoms with Crippen LogP contribution in [0, 0.1) is 4.01 Å². The third-order valence-corrected chi connectivity index (χ3v) is 17.8. The summed E-state index contributed by atoms with van der Waals surface area (Å²) in [6, 6.07) is 35.6. The molecule has 0 radical (unpaired) electrons. The molecule has 258 valence electrons. The summed E-state index contributed by atoms with van der Waals surface area (Å²) in [5, 5.41) is 7.24. The summed E-state index contributed by atoms with van der Waals surface area (Å²) in [6.07, 6.45) is 23.6. The molecule has 3 saturated carbocycles. The normalized spacial score (nSPS) is 17.8. The maximum atomic E-state index is 5.11. The van der Waals surface area contributed by atoms with Crippen LogP contribution in [0.15, 0.2) is 109 Å². The van der Waals surface area contributed by atoms with Crippen LogP contribution >= 0.6 is 19.3 Å². The van der Waals surface area contributed by atoms with Crippen molar-refractivity contribution in [2.75, 3.05) is 0 Å². The Hall–Kier alpha value is -2.58. The van der Waals surface area contributed by atoms with Gasteiger partial charge < -0.3 is 0 Å². The molecule has 0 saturated heterocycles. The summed E-state index contributed by atoms with van der Waals surface area (Å²) in [5.74, 6) is 0.953. The van der Waals surface area contributed by atoms with Gasteiger partial charge in [0.25, 0.3) is 0 Å². The van der Waals surface area contributed by atoms with Crippen molar-refractivity contribution >= 4 is 23.9 Å². The molecule has 3 aliphatic rings. The number of nitrogens with zero attached hydrogens (tertiary/aromatic N) is 3. The summed E-state index contributed by atoms with van der Waals surface area (Å²) < 4.78 is 7.98. The van der Waals surface area contributed by atoms with Gasteiger partial charge in [-0.15, -0.1) is 0 Å². The Bertz CT molecular complexity index is 1750. The van der Waals surface area contributed by atoms with E-state index in [0.29, 0.717) is 7.92 Å². The molecule has 0 bridgehead atoms. The first kappa shape index (κ1) is 34.9. The van der Waals surface area contributed by atoms with Crippen molar-refractivity contribution in [1.29, 1.82) is 0 Å². The molecule has 0 aliphatic heterocycles. The number of hydrogen-bond donors (Lipinski definition) is 0. The fraction of sp³-hybridized carbons (Fsp3) is 0.419. The number of rotatable bonds is 7. The van der Waals surface area contributed by atoms with E-state index in [1.807, 2.05) is 12.1 Å². The predicted molar refractivity (Wildman–Crippen MR) is 209 cm³/mol. The molecule has 6 heteroatoms. The summed E-state index contributed by atoms with van der Waals surface area (Å²) in [6.45, 7) is 0. The van der Waals surface area contributed by atoms with E-state index in [1.165, 1.54) is 45.1 Å². The van der Waals surface area contributed by atoms with Gasteiger partial charge in [-0.25, -0.2) is 0 Å². The molecule has 0 atom stereocenters. The van der Waals surface area contributed by atoms with Gasteiger partial charge in [0, 0.05) is 0 Å². The standard InChI is InChI=1S/C20H15N3.C18H33P.C5H4S.Ru/c1-4-10-17(11-5-1)20-21-23(19-14-8-3-9-15-19)16-22(20)18-12-6-2-7-13-18;1-4-10-16(11-5-1)19(17-12-6-2-7-13-17)18-14-8-3-9-15-18;1-5-3-2-4-6-5;/h1-15H;16-18H,1-15H2;1-4H;. The van der Waals surface area contributed by atoms with E-state index in [2.05, 4.69) is 110 Å². The molecule has 3 nitrogen and oxygen atoms in total. The second-order valence-electron chi connectivity index (χ2n) is 13.9. The van der Waals surface area contributed by atoms with E-state index in [-0.39, 0.29) is 16.2 Å². The summed E-state index contributed by atoms with van der Waals surface area (Å²) in [5.41, 5.74) is 6.88. The van der Waals surface area contributed by atoms with Gasteiger partial charge >= 0.3 is 187 Å². The van der Waals surface area contributed by atoms with Crippen molar-refractivity contribution in [3.8, 4) is 22.8 Å². The summed E-state index contributed by atoms with van der Waals surface area (Å²) in [4.78, 5) is 1.30. The fourth-order valence-electron chi connectivity index (χ4n) is 8.23. The molecule has 3 aromatic carbocycles. The van der Waals surface area contributed by atoms with E-state index in [9.17, 15) is 0 Å². The Kier molecular flexibility index (Phi) is 12.9. The van der Waals surface area contributed by atoms with Crippen molar-refractivity contribution in [2.24, 2.45) is 0 Å². The molecule has 3 fully saturated rings.